The van der Waals surface area contributed by atoms with Gasteiger partial charge < -0.3 is 24.1 Å². The van der Waals surface area contributed by atoms with Crippen molar-refractivity contribution in [2.75, 3.05) is 37.7 Å². The number of quaternary nitrogens is 1. The van der Waals surface area contributed by atoms with Gasteiger partial charge >= 0.3 is 17.8 Å². The number of pyridine rings is 1. The number of nitrogens with zero attached hydrogens (tertiary/aromatic N) is 2. The van der Waals surface area contributed by atoms with E-state index in [0.29, 0.717) is 5.52 Å². The largest absolute Gasteiger partial charge is 0.545 e. The van der Waals surface area contributed by atoms with Crippen molar-refractivity contribution in [1.29, 1.82) is 0 Å². The topological polar surface area (TPSA) is 125 Å². The highest BCUT2D eigenvalue weighted by Gasteiger charge is 2.71. The van der Waals surface area contributed by atoms with Crippen LogP contribution in [0.15, 0.2) is 23.1 Å². The number of fused-ring (bicyclic) bond motifs is 1. The lowest BCUT2D eigenvalue weighted by Crippen LogP contribution is -3.27. The average Bonchev–Trinajstić information content (AvgIpc) is 3.72. The molecule has 41 heavy (non-hydrogen) atoms. The summed E-state index contributed by atoms with van der Waals surface area (Å²) in [5, 5.41) is 13.3. The Morgan fingerprint density at radius 2 is 1.80 bits per heavy atom. The maximum atomic E-state index is 15.3. The predicted octanol–water partition coefficient (Wildman–Crippen LogP) is 0.528. The highest BCUT2D eigenvalue weighted by molar-refractivity contribution is 5.92. The van der Waals surface area contributed by atoms with Crippen LogP contribution in [0.5, 0.6) is 0 Å². The normalized spacial score (nSPS) is 17.9. The second-order valence-corrected chi connectivity index (χ2v) is 10.8. The van der Waals surface area contributed by atoms with E-state index in [-0.39, 0.29) is 67.1 Å². The molecule has 1 aromatic carbocycles. The molecule has 10 nitrogen and oxygen atoms in total. The van der Waals surface area contributed by atoms with Gasteiger partial charge in [-0.2, -0.15) is 13.2 Å². The van der Waals surface area contributed by atoms with Crippen molar-refractivity contribution < 1.29 is 46.7 Å². The third-order valence-electron chi connectivity index (χ3n) is 7.43. The number of alkyl halides is 3. The second kappa shape index (κ2) is 11.3. The van der Waals surface area contributed by atoms with Gasteiger partial charge in [0.25, 0.3) is 0 Å². The fourth-order valence-electron chi connectivity index (χ4n) is 5.33. The molecule has 224 valence electrons. The van der Waals surface area contributed by atoms with E-state index in [0.717, 1.165) is 18.9 Å². The van der Waals surface area contributed by atoms with Crippen LogP contribution in [0, 0.1) is 11.7 Å². The van der Waals surface area contributed by atoms with Crippen molar-refractivity contribution >= 4 is 34.4 Å². The molecule has 1 amide bonds. The first-order valence-corrected chi connectivity index (χ1v) is 13.5. The first-order chi connectivity index (χ1) is 19.2. The van der Waals surface area contributed by atoms with Gasteiger partial charge in [0.2, 0.25) is 5.91 Å². The van der Waals surface area contributed by atoms with Gasteiger partial charge in [-0.3, -0.25) is 19.8 Å². The molecule has 0 radical (unpaired) electrons. The summed E-state index contributed by atoms with van der Waals surface area (Å²) in [6.45, 7) is 3.48. The van der Waals surface area contributed by atoms with Crippen LogP contribution < -0.4 is 25.7 Å². The Morgan fingerprint density at radius 1 is 1.17 bits per heavy atom. The number of piperazine rings is 1. The van der Waals surface area contributed by atoms with Crippen molar-refractivity contribution in [1.82, 2.24) is 9.88 Å². The van der Waals surface area contributed by atoms with Crippen molar-refractivity contribution in [3.8, 4) is 0 Å². The smallest absolute Gasteiger partial charge is 0.478 e. The minimum Gasteiger partial charge on any atom is -0.545 e. The number of benzene rings is 1. The molecule has 0 spiro atoms. The summed E-state index contributed by atoms with van der Waals surface area (Å²) in [6, 6.07) is 2.24. The molecule has 2 aliphatic rings. The number of carboxylic acid groups (broad SMARTS) is 1. The van der Waals surface area contributed by atoms with Crippen LogP contribution in [-0.2, 0) is 14.3 Å². The number of esters is 1. The summed E-state index contributed by atoms with van der Waals surface area (Å²) in [6.07, 6.45) is -2.79. The molecule has 2 fully saturated rings. The summed E-state index contributed by atoms with van der Waals surface area (Å²) >= 11 is 0. The Bertz CT molecular complexity index is 1410. The van der Waals surface area contributed by atoms with E-state index in [1.54, 1.807) is 18.4 Å². The standard InChI is InChI=1S/C27H32F4N4O6/c1-4-41-25(40)26(27(29,30)31,32-22(36)11-15(2)3)34-9-7-33(8-10-34)21-13-20-17(12-19(21)28)23(37)18(24(38)39)14-35(20)16-5-6-16/h12-16H,4-11H2,1-3H3,(H,32,36)(H,38,39)/t26-/m0/s1. The lowest BCUT2D eigenvalue weighted by Gasteiger charge is -2.43. The average molecular weight is 585 g/mol. The minimum absolute atomic E-state index is 0.0177. The zero-order valence-electron chi connectivity index (χ0n) is 22.9. The molecule has 1 aliphatic carbocycles. The van der Waals surface area contributed by atoms with Crippen LogP contribution in [0.3, 0.4) is 0 Å². The van der Waals surface area contributed by atoms with Gasteiger partial charge in [-0.1, -0.05) is 13.8 Å². The molecule has 2 aromatic rings. The van der Waals surface area contributed by atoms with E-state index >= 15 is 4.39 Å². The summed E-state index contributed by atoms with van der Waals surface area (Å²) in [5.41, 5.74) is -4.51. The predicted molar refractivity (Wildman–Crippen MR) is 137 cm³/mol. The van der Waals surface area contributed by atoms with E-state index in [4.69, 9.17) is 4.74 Å². The summed E-state index contributed by atoms with van der Waals surface area (Å²) in [5.74, 6) is -5.36. The number of amides is 1. The Balaban J connectivity index is 1.68. The van der Waals surface area contributed by atoms with Crippen molar-refractivity contribution in [3.05, 3.63) is 39.9 Å². The van der Waals surface area contributed by atoms with Crippen molar-refractivity contribution in [2.45, 2.75) is 57.9 Å². The number of nitrogens with one attached hydrogen (secondary N) is 2. The van der Waals surface area contributed by atoms with Gasteiger partial charge in [0.15, 0.2) is 5.43 Å². The molecule has 1 saturated carbocycles. The molecule has 1 atom stereocenters. The summed E-state index contributed by atoms with van der Waals surface area (Å²) in [7, 11) is 0. The number of hydrogen-bond acceptors (Lipinski definition) is 7. The first kappa shape index (κ1) is 30.3. The first-order valence-electron chi connectivity index (χ1n) is 13.5. The number of aromatic carboxylic acids is 1. The van der Waals surface area contributed by atoms with Crippen molar-refractivity contribution in [3.63, 3.8) is 0 Å². The summed E-state index contributed by atoms with van der Waals surface area (Å²) < 4.78 is 65.7. The fraction of sp³-hybridized carbons (Fsp3) is 0.556. The van der Waals surface area contributed by atoms with Crippen LogP contribution in [0.1, 0.15) is 56.4 Å². The minimum atomic E-state index is -5.20. The van der Waals surface area contributed by atoms with Crippen LogP contribution in [0.4, 0.5) is 23.2 Å². The van der Waals surface area contributed by atoms with Gasteiger partial charge in [-0.25, -0.2) is 9.18 Å². The lowest BCUT2D eigenvalue weighted by atomic mass is 10.0. The number of hydrogen-bond donors (Lipinski definition) is 2. The Hall–Kier alpha value is -3.68. The van der Waals surface area contributed by atoms with Gasteiger partial charge in [0.05, 0.1) is 55.5 Å². The van der Waals surface area contributed by atoms with Gasteiger partial charge in [-0.05, 0) is 37.8 Å². The Morgan fingerprint density at radius 3 is 2.32 bits per heavy atom. The zero-order valence-corrected chi connectivity index (χ0v) is 22.9. The quantitative estimate of drug-likeness (QED) is 0.326. The number of aromatic nitrogens is 1. The molecule has 1 aliphatic heterocycles. The van der Waals surface area contributed by atoms with Crippen LogP contribution in [0.25, 0.3) is 10.9 Å². The molecule has 1 saturated heterocycles. The molecule has 1 aromatic heterocycles. The SMILES string of the molecule is CCOC(=O)[C@](NC(=O)CC(C)C)([NH+]1CCN(c2cc3c(cc2F)c(=O)c(C(=O)[O-])cn3C2CC2)CC1)C(F)(F)F. The van der Waals surface area contributed by atoms with E-state index in [1.807, 2.05) is 5.32 Å². The molecular formula is C27H32F4N4O6. The maximum Gasteiger partial charge on any atom is 0.478 e. The van der Waals surface area contributed by atoms with Gasteiger partial charge in [-0.15, -0.1) is 0 Å². The molecule has 0 unspecified atom stereocenters. The summed E-state index contributed by atoms with van der Waals surface area (Å²) in [4.78, 5) is 50.8. The number of carboxylic acids is 1. The van der Waals surface area contributed by atoms with Crippen LogP contribution in [-0.4, -0.2) is 67.0 Å². The second-order valence-electron chi connectivity index (χ2n) is 10.8. The molecule has 0 bridgehead atoms. The monoisotopic (exact) mass is 584 g/mol. The molecule has 4 rings (SSSR count). The molecule has 14 heteroatoms. The number of rotatable bonds is 9. The highest BCUT2D eigenvalue weighted by atomic mass is 19.4. The number of halogens is 4. The molecule has 2 N–H and O–H groups in total. The van der Waals surface area contributed by atoms with E-state index in [2.05, 4.69) is 0 Å². The third-order valence-corrected chi connectivity index (χ3v) is 7.43. The van der Waals surface area contributed by atoms with Crippen LogP contribution in [0.2, 0.25) is 0 Å². The van der Waals surface area contributed by atoms with Gasteiger partial charge in [0.1, 0.15) is 5.82 Å². The van der Waals surface area contributed by atoms with E-state index < -0.39 is 46.5 Å². The Kier molecular flexibility index (Phi) is 8.35. The van der Waals surface area contributed by atoms with Gasteiger partial charge in [0, 0.05) is 24.0 Å². The van der Waals surface area contributed by atoms with E-state index in [1.165, 1.54) is 24.1 Å². The maximum absolute atomic E-state index is 15.3. The number of carbonyl (C=O) groups is 3. The van der Waals surface area contributed by atoms with Crippen molar-refractivity contribution in [2.24, 2.45) is 5.92 Å². The van der Waals surface area contributed by atoms with E-state index in [9.17, 15) is 37.5 Å². The molecule has 2 heterocycles. The Labute approximate surface area is 232 Å². The number of anilines is 1. The number of carbonyl (C=O) groups excluding carboxylic acids is 3. The highest BCUT2D eigenvalue weighted by Crippen LogP contribution is 2.38. The zero-order chi connectivity index (χ0) is 30.3. The molecular weight excluding hydrogens is 552 g/mol. The fourth-order valence-corrected chi connectivity index (χ4v) is 5.33. The third kappa shape index (κ3) is 5.74. The lowest BCUT2D eigenvalue weighted by molar-refractivity contribution is -0.959. The van der Waals surface area contributed by atoms with Crippen LogP contribution >= 0.6 is 0 Å². The number of ether oxygens (including phenoxy) is 1.